The zero-order valence-electron chi connectivity index (χ0n) is 13.0. The Hall–Kier alpha value is -2.63. The third-order valence-electron chi connectivity index (χ3n) is 3.36. The standard InChI is InChI=1S/C18H14Cl2N4O/c19-13-7-4-8-14(20)18(13)22-16-10-9-15(23-24-16)21-17(25)11-12-5-2-1-3-6-12/h1-10H,11H2,(H,22,24)(H,21,23,25). The zero-order valence-corrected chi connectivity index (χ0v) is 14.6. The predicted octanol–water partition coefficient (Wildman–Crippen LogP) is 4.71. The van der Waals surface area contributed by atoms with Gasteiger partial charge in [-0.05, 0) is 29.8 Å². The Labute approximate surface area is 155 Å². The minimum absolute atomic E-state index is 0.157. The second kappa shape index (κ2) is 7.96. The fourth-order valence-electron chi connectivity index (χ4n) is 2.18. The number of anilines is 3. The van der Waals surface area contributed by atoms with Crippen molar-refractivity contribution >= 4 is 46.4 Å². The third kappa shape index (κ3) is 4.68. The Morgan fingerprint density at radius 3 is 2.12 bits per heavy atom. The zero-order chi connectivity index (χ0) is 17.6. The van der Waals surface area contributed by atoms with Gasteiger partial charge in [-0.1, -0.05) is 59.6 Å². The molecule has 0 aliphatic carbocycles. The maximum atomic E-state index is 12.0. The van der Waals surface area contributed by atoms with Crippen molar-refractivity contribution in [1.82, 2.24) is 10.2 Å². The highest BCUT2D eigenvalue weighted by atomic mass is 35.5. The number of aromatic nitrogens is 2. The molecule has 2 N–H and O–H groups in total. The SMILES string of the molecule is O=C(Cc1ccccc1)Nc1ccc(Nc2c(Cl)cccc2Cl)nn1. The molecule has 0 atom stereocenters. The Bertz CT molecular complexity index is 850. The summed E-state index contributed by atoms with van der Waals surface area (Å²) in [6, 6.07) is 18.0. The molecule has 2 aromatic carbocycles. The average molecular weight is 373 g/mol. The van der Waals surface area contributed by atoms with Crippen LogP contribution in [-0.4, -0.2) is 16.1 Å². The highest BCUT2D eigenvalue weighted by Crippen LogP contribution is 2.31. The van der Waals surface area contributed by atoms with Crippen LogP contribution >= 0.6 is 23.2 Å². The van der Waals surface area contributed by atoms with Crippen LogP contribution in [0.3, 0.4) is 0 Å². The van der Waals surface area contributed by atoms with E-state index >= 15 is 0 Å². The molecule has 0 radical (unpaired) electrons. The van der Waals surface area contributed by atoms with Gasteiger partial charge in [-0.15, -0.1) is 10.2 Å². The van der Waals surface area contributed by atoms with Crippen LogP contribution in [0.5, 0.6) is 0 Å². The first-order valence-electron chi connectivity index (χ1n) is 7.50. The van der Waals surface area contributed by atoms with Gasteiger partial charge in [-0.2, -0.15) is 0 Å². The van der Waals surface area contributed by atoms with Crippen molar-refractivity contribution < 1.29 is 4.79 Å². The normalized spacial score (nSPS) is 10.3. The molecule has 3 aromatic rings. The minimum Gasteiger partial charge on any atom is -0.336 e. The number of amides is 1. The second-order valence-electron chi connectivity index (χ2n) is 5.24. The number of rotatable bonds is 5. The molecule has 1 amide bonds. The van der Waals surface area contributed by atoms with Crippen LogP contribution in [0.4, 0.5) is 17.3 Å². The maximum absolute atomic E-state index is 12.0. The Morgan fingerprint density at radius 1 is 0.840 bits per heavy atom. The first-order chi connectivity index (χ1) is 12.1. The summed E-state index contributed by atoms with van der Waals surface area (Å²) < 4.78 is 0. The summed E-state index contributed by atoms with van der Waals surface area (Å²) in [6.07, 6.45) is 0.276. The molecule has 0 aliphatic rings. The lowest BCUT2D eigenvalue weighted by molar-refractivity contribution is -0.115. The van der Waals surface area contributed by atoms with Crippen molar-refractivity contribution in [2.24, 2.45) is 0 Å². The monoisotopic (exact) mass is 372 g/mol. The highest BCUT2D eigenvalue weighted by Gasteiger charge is 2.08. The molecule has 1 aromatic heterocycles. The summed E-state index contributed by atoms with van der Waals surface area (Å²) in [5.74, 6) is 0.683. The summed E-state index contributed by atoms with van der Waals surface area (Å²) in [5.41, 5.74) is 1.49. The van der Waals surface area contributed by atoms with Crippen LogP contribution in [0.1, 0.15) is 5.56 Å². The van der Waals surface area contributed by atoms with Crippen LogP contribution in [0.2, 0.25) is 10.0 Å². The van der Waals surface area contributed by atoms with Crippen molar-refractivity contribution in [3.63, 3.8) is 0 Å². The Balaban J connectivity index is 1.63. The molecular formula is C18H14Cl2N4O. The number of halogens is 2. The molecule has 1 heterocycles. The van der Waals surface area contributed by atoms with Gasteiger partial charge in [0.25, 0.3) is 0 Å². The first kappa shape index (κ1) is 17.2. The van der Waals surface area contributed by atoms with E-state index in [1.807, 2.05) is 30.3 Å². The molecule has 5 nitrogen and oxygen atoms in total. The molecule has 0 unspecified atom stereocenters. The van der Waals surface area contributed by atoms with Gasteiger partial charge in [0.1, 0.15) is 0 Å². The Morgan fingerprint density at radius 2 is 1.48 bits per heavy atom. The third-order valence-corrected chi connectivity index (χ3v) is 3.99. The average Bonchev–Trinajstić information content (AvgIpc) is 2.60. The van der Waals surface area contributed by atoms with Crippen molar-refractivity contribution in [3.05, 3.63) is 76.3 Å². The van der Waals surface area contributed by atoms with Gasteiger partial charge in [-0.25, -0.2) is 0 Å². The van der Waals surface area contributed by atoms with Crippen LogP contribution in [0.15, 0.2) is 60.7 Å². The molecule has 0 saturated carbocycles. The van der Waals surface area contributed by atoms with Crippen LogP contribution in [0.25, 0.3) is 0 Å². The van der Waals surface area contributed by atoms with E-state index in [0.29, 0.717) is 27.4 Å². The van der Waals surface area contributed by atoms with Gasteiger partial charge in [0.05, 0.1) is 22.2 Å². The number of nitrogens with one attached hydrogen (secondary N) is 2. The number of hydrogen-bond donors (Lipinski definition) is 2. The smallest absolute Gasteiger partial charge is 0.229 e. The molecule has 0 fully saturated rings. The number of hydrogen-bond acceptors (Lipinski definition) is 4. The lowest BCUT2D eigenvalue weighted by Crippen LogP contribution is -2.15. The van der Waals surface area contributed by atoms with Gasteiger partial charge < -0.3 is 10.6 Å². The molecule has 25 heavy (non-hydrogen) atoms. The van der Waals surface area contributed by atoms with E-state index in [0.717, 1.165) is 5.56 Å². The molecule has 0 bridgehead atoms. The number of carbonyl (C=O) groups excluding carboxylic acids is 1. The van der Waals surface area contributed by atoms with Gasteiger partial charge in [0.15, 0.2) is 11.6 Å². The number of benzene rings is 2. The molecule has 0 aliphatic heterocycles. The number of carbonyl (C=O) groups is 1. The van der Waals surface area contributed by atoms with E-state index in [1.54, 1.807) is 30.3 Å². The first-order valence-corrected chi connectivity index (χ1v) is 8.26. The molecule has 0 saturated heterocycles. The van der Waals surface area contributed by atoms with E-state index < -0.39 is 0 Å². The van der Waals surface area contributed by atoms with E-state index in [-0.39, 0.29) is 12.3 Å². The topological polar surface area (TPSA) is 66.9 Å². The predicted molar refractivity (Wildman–Crippen MR) is 101 cm³/mol. The summed E-state index contributed by atoms with van der Waals surface area (Å²) in [7, 11) is 0. The van der Waals surface area contributed by atoms with Crippen molar-refractivity contribution in [1.29, 1.82) is 0 Å². The Kier molecular flexibility index (Phi) is 5.48. The summed E-state index contributed by atoms with van der Waals surface area (Å²) >= 11 is 12.2. The van der Waals surface area contributed by atoms with Gasteiger partial charge in [-0.3, -0.25) is 4.79 Å². The van der Waals surface area contributed by atoms with Gasteiger partial charge >= 0.3 is 0 Å². The van der Waals surface area contributed by atoms with Crippen LogP contribution < -0.4 is 10.6 Å². The summed E-state index contributed by atoms with van der Waals surface area (Å²) in [6.45, 7) is 0. The second-order valence-corrected chi connectivity index (χ2v) is 6.05. The van der Waals surface area contributed by atoms with Crippen molar-refractivity contribution in [2.45, 2.75) is 6.42 Å². The van der Waals surface area contributed by atoms with Gasteiger partial charge in [0, 0.05) is 0 Å². The largest absolute Gasteiger partial charge is 0.336 e. The summed E-state index contributed by atoms with van der Waals surface area (Å²) in [5, 5.41) is 14.7. The minimum atomic E-state index is -0.157. The summed E-state index contributed by atoms with van der Waals surface area (Å²) in [4.78, 5) is 12.0. The number of nitrogens with zero attached hydrogens (tertiary/aromatic N) is 2. The van der Waals surface area contributed by atoms with E-state index in [4.69, 9.17) is 23.2 Å². The quantitative estimate of drug-likeness (QED) is 0.680. The lowest BCUT2D eigenvalue weighted by atomic mass is 10.1. The fraction of sp³-hybridized carbons (Fsp3) is 0.0556. The van der Waals surface area contributed by atoms with E-state index in [9.17, 15) is 4.79 Å². The van der Waals surface area contributed by atoms with Crippen molar-refractivity contribution in [3.8, 4) is 0 Å². The lowest BCUT2D eigenvalue weighted by Gasteiger charge is -2.09. The van der Waals surface area contributed by atoms with E-state index in [1.165, 1.54) is 0 Å². The maximum Gasteiger partial charge on any atom is 0.229 e. The van der Waals surface area contributed by atoms with Crippen LogP contribution in [-0.2, 0) is 11.2 Å². The molecule has 3 rings (SSSR count). The molecule has 126 valence electrons. The molecular weight excluding hydrogens is 359 g/mol. The fourth-order valence-corrected chi connectivity index (χ4v) is 2.67. The van der Waals surface area contributed by atoms with Crippen molar-refractivity contribution in [2.75, 3.05) is 10.6 Å². The number of para-hydroxylation sites is 1. The van der Waals surface area contributed by atoms with Gasteiger partial charge in [0.2, 0.25) is 5.91 Å². The van der Waals surface area contributed by atoms with Crippen LogP contribution in [0, 0.1) is 0 Å². The molecule has 0 spiro atoms. The van der Waals surface area contributed by atoms with E-state index in [2.05, 4.69) is 20.8 Å². The molecule has 7 heteroatoms. The highest BCUT2D eigenvalue weighted by molar-refractivity contribution is 6.39.